The Hall–Kier alpha value is -3.36. The molecule has 0 bridgehead atoms. The highest BCUT2D eigenvalue weighted by Gasteiger charge is 2.46. The van der Waals surface area contributed by atoms with Crippen molar-refractivity contribution in [3.63, 3.8) is 0 Å². The Balaban J connectivity index is 2.17. The van der Waals surface area contributed by atoms with E-state index in [1.165, 1.54) is 14.2 Å². The standard InChI is InChI=1S/C20H24N2O7/c1-20(11-16(24)28-3)14(9-10-15(23)27-2)17(21-18(20)25)22-19(26)29-12-13-7-5-4-6-8-13/h4-8H,9-12H2,1-3H3,(H,21,25)(H,22,26). The quantitative estimate of drug-likeness (QED) is 0.500. The second kappa shape index (κ2) is 9.72. The number of benzene rings is 1. The van der Waals surface area contributed by atoms with Gasteiger partial charge in [0.2, 0.25) is 5.91 Å². The van der Waals surface area contributed by atoms with Crippen molar-refractivity contribution >= 4 is 23.9 Å². The van der Waals surface area contributed by atoms with E-state index in [0.29, 0.717) is 5.57 Å². The SMILES string of the molecule is COC(=O)CCC1=C(NC(=O)OCc2ccccc2)NC(=O)C1(C)CC(=O)OC. The number of amides is 2. The van der Waals surface area contributed by atoms with Crippen molar-refractivity contribution < 1.29 is 33.4 Å². The number of methoxy groups -OCH3 is 2. The molecule has 0 fully saturated rings. The second-order valence-corrected chi connectivity index (χ2v) is 6.66. The zero-order chi connectivity index (χ0) is 21.4. The number of alkyl carbamates (subject to hydrolysis) is 1. The van der Waals surface area contributed by atoms with Gasteiger partial charge in [-0.3, -0.25) is 19.7 Å². The van der Waals surface area contributed by atoms with Crippen LogP contribution >= 0.6 is 0 Å². The summed E-state index contributed by atoms with van der Waals surface area (Å²) in [6, 6.07) is 9.09. The number of hydrogen-bond acceptors (Lipinski definition) is 7. The number of ether oxygens (including phenoxy) is 3. The normalized spacial score (nSPS) is 18.1. The summed E-state index contributed by atoms with van der Waals surface area (Å²) in [6.07, 6.45) is -0.938. The van der Waals surface area contributed by atoms with Gasteiger partial charge in [-0.2, -0.15) is 0 Å². The van der Waals surface area contributed by atoms with Crippen molar-refractivity contribution in [2.24, 2.45) is 5.41 Å². The fourth-order valence-corrected chi connectivity index (χ4v) is 2.99. The summed E-state index contributed by atoms with van der Waals surface area (Å²) in [5, 5.41) is 5.06. The molecule has 2 N–H and O–H groups in total. The Kier molecular flexibility index (Phi) is 7.35. The Morgan fingerprint density at radius 2 is 1.72 bits per heavy atom. The highest BCUT2D eigenvalue weighted by Crippen LogP contribution is 2.40. The molecule has 1 aliphatic rings. The highest BCUT2D eigenvalue weighted by molar-refractivity contribution is 5.95. The molecule has 0 aliphatic carbocycles. The first-order valence-electron chi connectivity index (χ1n) is 8.96. The molecular weight excluding hydrogens is 380 g/mol. The molecule has 1 aromatic rings. The lowest BCUT2D eigenvalue weighted by Gasteiger charge is -2.23. The molecular formula is C20H24N2O7. The zero-order valence-corrected chi connectivity index (χ0v) is 16.6. The Labute approximate surface area is 168 Å². The molecule has 0 radical (unpaired) electrons. The number of nitrogens with one attached hydrogen (secondary N) is 2. The van der Waals surface area contributed by atoms with E-state index in [4.69, 9.17) is 4.74 Å². The van der Waals surface area contributed by atoms with Crippen LogP contribution in [0.4, 0.5) is 4.79 Å². The highest BCUT2D eigenvalue weighted by atomic mass is 16.5. The van der Waals surface area contributed by atoms with E-state index in [-0.39, 0.29) is 31.7 Å². The maximum atomic E-state index is 12.6. The van der Waals surface area contributed by atoms with Crippen LogP contribution in [-0.4, -0.2) is 38.2 Å². The molecule has 1 atom stereocenters. The van der Waals surface area contributed by atoms with Gasteiger partial charge in [0.05, 0.1) is 26.1 Å². The fraction of sp³-hybridized carbons (Fsp3) is 0.400. The summed E-state index contributed by atoms with van der Waals surface area (Å²) >= 11 is 0. The van der Waals surface area contributed by atoms with E-state index in [9.17, 15) is 19.2 Å². The van der Waals surface area contributed by atoms with Gasteiger partial charge < -0.3 is 19.5 Å². The fourth-order valence-electron chi connectivity index (χ4n) is 2.99. The molecule has 1 aromatic carbocycles. The minimum absolute atomic E-state index is 0.0260. The molecule has 0 saturated carbocycles. The summed E-state index contributed by atoms with van der Waals surface area (Å²) < 4.78 is 14.5. The average Bonchev–Trinajstić information content (AvgIpc) is 2.94. The summed E-state index contributed by atoms with van der Waals surface area (Å²) in [6.45, 7) is 1.60. The van der Waals surface area contributed by atoms with E-state index in [1.54, 1.807) is 19.1 Å². The molecule has 0 spiro atoms. The maximum Gasteiger partial charge on any atom is 0.413 e. The molecule has 1 aliphatic heterocycles. The predicted molar refractivity (Wildman–Crippen MR) is 101 cm³/mol. The third-order valence-corrected chi connectivity index (χ3v) is 4.68. The number of esters is 2. The van der Waals surface area contributed by atoms with E-state index in [0.717, 1.165) is 5.56 Å². The van der Waals surface area contributed by atoms with Crippen LogP contribution < -0.4 is 10.6 Å². The smallest absolute Gasteiger partial charge is 0.413 e. The van der Waals surface area contributed by atoms with Crippen molar-refractivity contribution in [3.05, 3.63) is 47.3 Å². The lowest BCUT2D eigenvalue weighted by molar-refractivity contribution is -0.145. The Bertz CT molecular complexity index is 819. The van der Waals surface area contributed by atoms with Crippen LogP contribution in [0.3, 0.4) is 0 Å². The number of carbonyl (C=O) groups excluding carboxylic acids is 4. The van der Waals surface area contributed by atoms with Gasteiger partial charge in [0.25, 0.3) is 0 Å². The molecule has 2 amide bonds. The van der Waals surface area contributed by atoms with Crippen LogP contribution in [0.15, 0.2) is 41.7 Å². The van der Waals surface area contributed by atoms with Gasteiger partial charge in [-0.15, -0.1) is 0 Å². The van der Waals surface area contributed by atoms with E-state index >= 15 is 0 Å². The zero-order valence-electron chi connectivity index (χ0n) is 16.6. The van der Waals surface area contributed by atoms with Crippen molar-refractivity contribution in [2.45, 2.75) is 32.8 Å². The van der Waals surface area contributed by atoms with Crippen molar-refractivity contribution in [3.8, 4) is 0 Å². The van der Waals surface area contributed by atoms with Gasteiger partial charge in [-0.1, -0.05) is 30.3 Å². The van der Waals surface area contributed by atoms with Gasteiger partial charge in [0, 0.05) is 6.42 Å². The molecule has 2 rings (SSSR count). The summed E-state index contributed by atoms with van der Waals surface area (Å²) in [5.41, 5.74) is -0.0770. The topological polar surface area (TPSA) is 120 Å². The molecule has 29 heavy (non-hydrogen) atoms. The molecule has 1 heterocycles. The van der Waals surface area contributed by atoms with Gasteiger partial charge in [-0.25, -0.2) is 4.79 Å². The third kappa shape index (κ3) is 5.56. The molecule has 1 unspecified atom stereocenters. The molecule has 9 heteroatoms. The molecule has 0 saturated heterocycles. The lowest BCUT2D eigenvalue weighted by Crippen LogP contribution is -2.36. The van der Waals surface area contributed by atoms with Crippen LogP contribution in [0.25, 0.3) is 0 Å². The monoisotopic (exact) mass is 404 g/mol. The minimum atomic E-state index is -1.27. The van der Waals surface area contributed by atoms with E-state index in [1.807, 2.05) is 18.2 Å². The minimum Gasteiger partial charge on any atom is -0.469 e. The lowest BCUT2D eigenvalue weighted by atomic mass is 9.78. The summed E-state index contributed by atoms with van der Waals surface area (Å²) in [4.78, 5) is 48.2. The summed E-state index contributed by atoms with van der Waals surface area (Å²) in [7, 11) is 2.47. The third-order valence-electron chi connectivity index (χ3n) is 4.68. The van der Waals surface area contributed by atoms with Crippen LogP contribution in [-0.2, 0) is 35.2 Å². The van der Waals surface area contributed by atoms with Crippen molar-refractivity contribution in [2.75, 3.05) is 14.2 Å². The maximum absolute atomic E-state index is 12.6. The van der Waals surface area contributed by atoms with Crippen LogP contribution in [0.5, 0.6) is 0 Å². The van der Waals surface area contributed by atoms with E-state index < -0.39 is 29.4 Å². The van der Waals surface area contributed by atoms with E-state index in [2.05, 4.69) is 20.1 Å². The van der Waals surface area contributed by atoms with Crippen LogP contribution in [0.2, 0.25) is 0 Å². The number of hydrogen-bond donors (Lipinski definition) is 2. The average molecular weight is 404 g/mol. The molecule has 156 valence electrons. The van der Waals surface area contributed by atoms with Gasteiger partial charge in [-0.05, 0) is 24.5 Å². The van der Waals surface area contributed by atoms with Gasteiger partial charge in [0.15, 0.2) is 0 Å². The van der Waals surface area contributed by atoms with Gasteiger partial charge in [0.1, 0.15) is 12.4 Å². The largest absolute Gasteiger partial charge is 0.469 e. The first kappa shape index (κ1) is 21.9. The Morgan fingerprint density at radius 3 is 2.34 bits per heavy atom. The number of rotatable bonds is 8. The summed E-state index contributed by atoms with van der Waals surface area (Å²) in [5.74, 6) is -1.46. The van der Waals surface area contributed by atoms with Gasteiger partial charge >= 0.3 is 18.0 Å². The first-order valence-corrected chi connectivity index (χ1v) is 8.96. The van der Waals surface area contributed by atoms with Crippen LogP contribution in [0, 0.1) is 5.41 Å². The first-order chi connectivity index (χ1) is 13.8. The van der Waals surface area contributed by atoms with Crippen molar-refractivity contribution in [1.82, 2.24) is 10.6 Å². The van der Waals surface area contributed by atoms with Crippen molar-refractivity contribution in [1.29, 1.82) is 0 Å². The second-order valence-electron chi connectivity index (χ2n) is 6.66. The van der Waals surface area contributed by atoms with Crippen LogP contribution in [0.1, 0.15) is 31.7 Å². The molecule has 0 aromatic heterocycles. The number of carbonyl (C=O) groups is 4. The predicted octanol–water partition coefficient (Wildman–Crippen LogP) is 1.78. The Morgan fingerprint density at radius 1 is 1.07 bits per heavy atom. The molecule has 9 nitrogen and oxygen atoms in total.